The van der Waals surface area contributed by atoms with Crippen molar-refractivity contribution in [3.8, 4) is 5.88 Å². The number of Topliss-reactive ketones (excluding diaryl/α,β-unsaturated/α-hetero) is 1. The average molecular weight is 567 g/mol. The molecule has 4 N–H and O–H groups in total. The van der Waals surface area contributed by atoms with Crippen LogP contribution in [0, 0.1) is 16.7 Å². The minimum absolute atomic E-state index is 0.0196. The number of nitrogens with one attached hydrogen (secondary N) is 1. The number of likely N-dealkylation sites (tertiary alicyclic amines) is 1. The van der Waals surface area contributed by atoms with E-state index in [0.717, 1.165) is 38.6 Å². The van der Waals surface area contributed by atoms with E-state index in [9.17, 15) is 14.7 Å². The number of hydrogen-bond acceptors (Lipinski definition) is 11. The molecule has 0 bridgehead atoms. The number of hydrogen-bond donors (Lipinski definition) is 3. The number of nitrogens with zero attached hydrogens (tertiary/aromatic N) is 4. The molecule has 0 aromatic carbocycles. The zero-order valence-electron chi connectivity index (χ0n) is 24.3. The highest BCUT2D eigenvalue weighted by Crippen LogP contribution is 2.51. The Bertz CT molecular complexity index is 1240. The van der Waals surface area contributed by atoms with Gasteiger partial charge in [0.05, 0.1) is 6.61 Å². The number of nitrogens with two attached hydrogens (primary N) is 1. The summed E-state index contributed by atoms with van der Waals surface area (Å²) in [6, 6.07) is 1.79. The predicted molar refractivity (Wildman–Crippen MR) is 156 cm³/mol. The van der Waals surface area contributed by atoms with Gasteiger partial charge >= 0.3 is 5.97 Å². The molecule has 1 aromatic heterocycles. The van der Waals surface area contributed by atoms with E-state index in [1.54, 1.807) is 13.0 Å². The van der Waals surface area contributed by atoms with Gasteiger partial charge in [-0.05, 0) is 84.0 Å². The van der Waals surface area contributed by atoms with Crippen molar-refractivity contribution >= 4 is 35.8 Å². The van der Waals surface area contributed by atoms with Crippen LogP contribution in [0.15, 0.2) is 28.4 Å². The quantitative estimate of drug-likeness (QED) is 0.171. The third-order valence-electron chi connectivity index (χ3n) is 8.64. The molecule has 41 heavy (non-hydrogen) atoms. The molecule has 1 aliphatic heterocycles. The fraction of sp³-hybridized carbons (Fsp3) is 0.600. The lowest BCUT2D eigenvalue weighted by Gasteiger charge is -2.45. The number of aliphatic hydroxyl groups is 1. The first-order valence-corrected chi connectivity index (χ1v) is 14.6. The summed E-state index contributed by atoms with van der Waals surface area (Å²) in [5.41, 5.74) is 5.60. The highest BCUT2D eigenvalue weighted by atomic mass is 16.5. The topological polar surface area (TPSA) is 164 Å². The number of likely N-dealkylation sites (N-methyl/N-ethyl adjacent to an activating group) is 1. The van der Waals surface area contributed by atoms with E-state index < -0.39 is 17.3 Å². The standard InChI is InChI=1S/C30H42N6O5/c1-4-40-29(39)22(32)12-15-33-25-17-26(41-19(2)23-10-8-16-36(23)3)35-28(34-25)27(38)20-9-7-14-30(21(20)18-31)13-6-5-11-24(30)37/h12,15,17-19,21,23,31,38H,4-11,13-14,16,32H2,1-3H3/b22-12-,27-20-,31-18?,33-15+/t19-,21?,23?,30-/m0/s1. The number of ketones is 1. The van der Waals surface area contributed by atoms with Crippen LogP contribution in [0.3, 0.4) is 0 Å². The third-order valence-corrected chi connectivity index (χ3v) is 8.64. The molecule has 0 radical (unpaired) electrons. The number of ether oxygens (including phenoxy) is 2. The van der Waals surface area contributed by atoms with E-state index in [-0.39, 0.29) is 53.5 Å². The average Bonchev–Trinajstić information content (AvgIpc) is 3.40. The predicted octanol–water partition coefficient (Wildman–Crippen LogP) is 4.29. The Morgan fingerprint density at radius 2 is 2.07 bits per heavy atom. The van der Waals surface area contributed by atoms with E-state index >= 15 is 0 Å². The zero-order valence-corrected chi connectivity index (χ0v) is 24.3. The third kappa shape index (κ3) is 6.66. The van der Waals surface area contributed by atoms with E-state index in [2.05, 4.69) is 26.9 Å². The van der Waals surface area contributed by atoms with Gasteiger partial charge in [0, 0.05) is 42.3 Å². The molecule has 3 aliphatic rings. The summed E-state index contributed by atoms with van der Waals surface area (Å²) >= 11 is 0. The van der Waals surface area contributed by atoms with Crippen molar-refractivity contribution in [2.24, 2.45) is 22.1 Å². The molecule has 1 aromatic rings. The van der Waals surface area contributed by atoms with Crippen LogP contribution >= 0.6 is 0 Å². The Kier molecular flexibility index (Phi) is 9.90. The molecule has 2 saturated carbocycles. The van der Waals surface area contributed by atoms with Crippen LogP contribution in [-0.2, 0) is 14.3 Å². The Hall–Kier alpha value is -3.60. The van der Waals surface area contributed by atoms with Gasteiger partial charge in [-0.2, -0.15) is 4.98 Å². The van der Waals surface area contributed by atoms with Crippen molar-refractivity contribution in [3.63, 3.8) is 0 Å². The summed E-state index contributed by atoms with van der Waals surface area (Å²) in [6.07, 6.45) is 10.9. The van der Waals surface area contributed by atoms with Crippen molar-refractivity contribution in [1.29, 1.82) is 5.41 Å². The Morgan fingerprint density at radius 1 is 1.29 bits per heavy atom. The summed E-state index contributed by atoms with van der Waals surface area (Å²) in [7, 11) is 2.07. The van der Waals surface area contributed by atoms with Crippen LogP contribution in [0.25, 0.3) is 5.76 Å². The lowest BCUT2D eigenvalue weighted by atomic mass is 9.57. The van der Waals surface area contributed by atoms with Gasteiger partial charge in [0.2, 0.25) is 5.88 Å². The molecule has 1 spiro atoms. The monoisotopic (exact) mass is 566 g/mol. The van der Waals surface area contributed by atoms with Crippen LogP contribution < -0.4 is 10.5 Å². The number of allylic oxidation sites excluding steroid dienone is 2. The molecular weight excluding hydrogens is 524 g/mol. The van der Waals surface area contributed by atoms with Gasteiger partial charge in [0.15, 0.2) is 17.4 Å². The number of esters is 1. The largest absolute Gasteiger partial charge is 0.504 e. The van der Waals surface area contributed by atoms with E-state index in [0.29, 0.717) is 31.3 Å². The first-order chi connectivity index (χ1) is 19.7. The maximum atomic E-state index is 13.2. The fourth-order valence-corrected chi connectivity index (χ4v) is 6.54. The molecule has 3 fully saturated rings. The SMILES string of the molecule is CCOC(=O)/C(N)=C/C=N/c1cc(O[C@@H](C)C2CCCN2C)nc(/C(O)=C2\CCC[C@@]3(CCCCC3=O)C2C=N)n1. The summed E-state index contributed by atoms with van der Waals surface area (Å²) in [4.78, 5) is 40.6. The van der Waals surface area contributed by atoms with Gasteiger partial charge < -0.3 is 25.7 Å². The maximum absolute atomic E-state index is 13.2. The van der Waals surface area contributed by atoms with Crippen molar-refractivity contribution in [1.82, 2.24) is 14.9 Å². The number of aliphatic hydroxyl groups excluding tert-OH is 1. The van der Waals surface area contributed by atoms with E-state index in [4.69, 9.17) is 20.6 Å². The number of rotatable bonds is 9. The van der Waals surface area contributed by atoms with Crippen LogP contribution in [0.5, 0.6) is 5.88 Å². The zero-order chi connectivity index (χ0) is 29.6. The van der Waals surface area contributed by atoms with Gasteiger partial charge in [-0.3, -0.25) is 9.69 Å². The van der Waals surface area contributed by atoms with Crippen LogP contribution in [-0.4, -0.2) is 76.5 Å². The molecule has 2 heterocycles. The van der Waals surface area contributed by atoms with Gasteiger partial charge in [-0.1, -0.05) is 6.42 Å². The summed E-state index contributed by atoms with van der Waals surface area (Å²) in [5.74, 6) is -0.674. The molecule has 4 atom stereocenters. The number of aromatic nitrogens is 2. The van der Waals surface area contributed by atoms with Gasteiger partial charge in [-0.25, -0.2) is 14.8 Å². The van der Waals surface area contributed by atoms with Gasteiger partial charge in [0.25, 0.3) is 0 Å². The summed E-state index contributed by atoms with van der Waals surface area (Å²) < 4.78 is 11.1. The molecule has 222 valence electrons. The molecule has 11 nitrogen and oxygen atoms in total. The molecule has 11 heteroatoms. The van der Waals surface area contributed by atoms with Crippen LogP contribution in [0.1, 0.15) is 77.5 Å². The van der Waals surface area contributed by atoms with Crippen molar-refractivity contribution in [2.75, 3.05) is 20.2 Å². The van der Waals surface area contributed by atoms with Gasteiger partial charge in [-0.15, -0.1) is 0 Å². The highest BCUT2D eigenvalue weighted by molar-refractivity contribution is 5.93. The smallest absolute Gasteiger partial charge is 0.354 e. The van der Waals surface area contributed by atoms with Crippen LogP contribution in [0.4, 0.5) is 5.82 Å². The molecule has 0 amide bonds. The number of carbonyl (C=O) groups excluding carboxylic acids is 2. The second-order valence-electron chi connectivity index (χ2n) is 11.2. The minimum Gasteiger partial charge on any atom is -0.504 e. The highest BCUT2D eigenvalue weighted by Gasteiger charge is 2.49. The number of carbonyl (C=O) groups is 2. The Balaban J connectivity index is 1.72. The van der Waals surface area contributed by atoms with E-state index in [1.807, 2.05) is 6.92 Å². The lowest BCUT2D eigenvalue weighted by Crippen LogP contribution is -2.45. The second kappa shape index (κ2) is 13.4. The first-order valence-electron chi connectivity index (χ1n) is 14.6. The Labute approximate surface area is 241 Å². The second-order valence-corrected chi connectivity index (χ2v) is 11.2. The van der Waals surface area contributed by atoms with Gasteiger partial charge in [0.1, 0.15) is 17.6 Å². The normalized spacial score (nSPS) is 27.7. The molecule has 1 saturated heterocycles. The molecule has 4 rings (SSSR count). The molecule has 2 unspecified atom stereocenters. The lowest BCUT2D eigenvalue weighted by molar-refractivity contribution is -0.138. The summed E-state index contributed by atoms with van der Waals surface area (Å²) in [5, 5.41) is 19.8. The molecule has 2 aliphatic carbocycles. The fourth-order valence-electron chi connectivity index (χ4n) is 6.54. The first kappa shape index (κ1) is 30.4. The van der Waals surface area contributed by atoms with Crippen molar-refractivity contribution in [3.05, 3.63) is 29.2 Å². The van der Waals surface area contributed by atoms with E-state index in [1.165, 1.54) is 18.5 Å². The van der Waals surface area contributed by atoms with Crippen molar-refractivity contribution < 1.29 is 24.2 Å². The van der Waals surface area contributed by atoms with Crippen molar-refractivity contribution in [2.45, 2.75) is 83.8 Å². The molecular formula is C30H42N6O5. The minimum atomic E-state index is -0.659. The maximum Gasteiger partial charge on any atom is 0.354 e. The summed E-state index contributed by atoms with van der Waals surface area (Å²) in [6.45, 7) is 4.88. The number of aliphatic imine (C=N–C) groups is 1. The Morgan fingerprint density at radius 3 is 2.76 bits per heavy atom. The van der Waals surface area contributed by atoms with Crippen LogP contribution in [0.2, 0.25) is 0 Å².